The van der Waals surface area contributed by atoms with Gasteiger partial charge in [-0.3, -0.25) is 4.79 Å². The van der Waals surface area contributed by atoms with Crippen LogP contribution < -0.4 is 10.1 Å². The molecule has 110 valence electrons. The highest BCUT2D eigenvalue weighted by molar-refractivity contribution is 9.10. The molecule has 0 saturated heterocycles. The molecule has 2 rings (SSSR count). The predicted molar refractivity (Wildman–Crippen MR) is 84.4 cm³/mol. The standard InChI is InChI=1S/C15H12BrClFNO2/c1-9-6-11(17)3-5-14(9)21-8-15(20)19-13-4-2-10(16)7-12(13)18/h2-7H,8H2,1H3,(H,19,20). The smallest absolute Gasteiger partial charge is 0.262 e. The number of ether oxygens (including phenoxy) is 1. The van der Waals surface area contributed by atoms with E-state index in [1.54, 1.807) is 24.3 Å². The van der Waals surface area contributed by atoms with Gasteiger partial charge in [0.05, 0.1) is 5.69 Å². The van der Waals surface area contributed by atoms with Gasteiger partial charge >= 0.3 is 0 Å². The van der Waals surface area contributed by atoms with Gasteiger partial charge < -0.3 is 10.1 Å². The Morgan fingerprint density at radius 2 is 2.10 bits per heavy atom. The lowest BCUT2D eigenvalue weighted by molar-refractivity contribution is -0.118. The van der Waals surface area contributed by atoms with E-state index < -0.39 is 11.7 Å². The highest BCUT2D eigenvalue weighted by Crippen LogP contribution is 2.22. The van der Waals surface area contributed by atoms with Crippen molar-refractivity contribution in [2.75, 3.05) is 11.9 Å². The van der Waals surface area contributed by atoms with Crippen LogP contribution in [-0.4, -0.2) is 12.5 Å². The Morgan fingerprint density at radius 1 is 1.33 bits per heavy atom. The molecule has 0 aliphatic rings. The number of amides is 1. The van der Waals surface area contributed by atoms with Crippen LogP contribution in [0.5, 0.6) is 5.75 Å². The van der Waals surface area contributed by atoms with E-state index in [1.807, 2.05) is 6.92 Å². The SMILES string of the molecule is Cc1cc(Cl)ccc1OCC(=O)Nc1ccc(Br)cc1F. The molecular weight excluding hydrogens is 361 g/mol. The molecule has 0 aromatic heterocycles. The van der Waals surface area contributed by atoms with E-state index in [-0.39, 0.29) is 12.3 Å². The van der Waals surface area contributed by atoms with Gasteiger partial charge in [-0.2, -0.15) is 0 Å². The number of aryl methyl sites for hydroxylation is 1. The Hall–Kier alpha value is -1.59. The Bertz CT molecular complexity index is 679. The summed E-state index contributed by atoms with van der Waals surface area (Å²) in [6, 6.07) is 9.50. The molecule has 6 heteroatoms. The van der Waals surface area contributed by atoms with Gasteiger partial charge in [0, 0.05) is 9.50 Å². The van der Waals surface area contributed by atoms with E-state index in [1.165, 1.54) is 12.1 Å². The Morgan fingerprint density at radius 3 is 2.76 bits per heavy atom. The van der Waals surface area contributed by atoms with Crippen molar-refractivity contribution in [1.29, 1.82) is 0 Å². The molecule has 2 aromatic rings. The summed E-state index contributed by atoms with van der Waals surface area (Å²) in [5.41, 5.74) is 0.935. The summed E-state index contributed by atoms with van der Waals surface area (Å²) < 4.78 is 19.6. The Balaban J connectivity index is 1.96. The molecule has 0 unspecified atom stereocenters. The van der Waals surface area contributed by atoms with E-state index in [2.05, 4.69) is 21.2 Å². The van der Waals surface area contributed by atoms with Gasteiger partial charge in [-0.05, 0) is 48.9 Å². The highest BCUT2D eigenvalue weighted by atomic mass is 79.9. The van der Waals surface area contributed by atoms with Crippen molar-refractivity contribution >= 4 is 39.1 Å². The molecule has 0 atom stereocenters. The van der Waals surface area contributed by atoms with Crippen LogP contribution in [0.3, 0.4) is 0 Å². The van der Waals surface area contributed by atoms with Gasteiger partial charge in [0.25, 0.3) is 5.91 Å². The average Bonchev–Trinajstić information content (AvgIpc) is 2.41. The van der Waals surface area contributed by atoms with Gasteiger partial charge in [-0.1, -0.05) is 27.5 Å². The molecule has 21 heavy (non-hydrogen) atoms. The van der Waals surface area contributed by atoms with E-state index in [0.29, 0.717) is 15.2 Å². The number of anilines is 1. The number of carbonyl (C=O) groups excluding carboxylic acids is 1. The van der Waals surface area contributed by atoms with Crippen molar-refractivity contribution in [3.63, 3.8) is 0 Å². The molecule has 0 saturated carbocycles. The summed E-state index contributed by atoms with van der Waals surface area (Å²) in [5, 5.41) is 3.05. The fourth-order valence-electron chi connectivity index (χ4n) is 1.70. The number of hydrogen-bond donors (Lipinski definition) is 1. The number of benzene rings is 2. The third-order valence-electron chi connectivity index (χ3n) is 2.70. The summed E-state index contributed by atoms with van der Waals surface area (Å²) in [6.07, 6.45) is 0. The van der Waals surface area contributed by atoms with E-state index in [0.717, 1.165) is 5.56 Å². The van der Waals surface area contributed by atoms with Crippen LogP contribution >= 0.6 is 27.5 Å². The molecule has 0 fully saturated rings. The number of rotatable bonds is 4. The number of carbonyl (C=O) groups is 1. The van der Waals surface area contributed by atoms with Crippen molar-refractivity contribution in [2.24, 2.45) is 0 Å². The van der Waals surface area contributed by atoms with Crippen molar-refractivity contribution in [3.8, 4) is 5.75 Å². The van der Waals surface area contributed by atoms with Gasteiger partial charge in [-0.25, -0.2) is 4.39 Å². The third kappa shape index (κ3) is 4.44. The molecule has 1 amide bonds. The largest absolute Gasteiger partial charge is 0.483 e. The van der Waals surface area contributed by atoms with Crippen LogP contribution in [0.15, 0.2) is 40.9 Å². The van der Waals surface area contributed by atoms with Crippen LogP contribution in [0.4, 0.5) is 10.1 Å². The van der Waals surface area contributed by atoms with Crippen LogP contribution in [0.1, 0.15) is 5.56 Å². The topological polar surface area (TPSA) is 38.3 Å². The first kappa shape index (κ1) is 15.8. The van der Waals surface area contributed by atoms with E-state index in [9.17, 15) is 9.18 Å². The Kier molecular flexibility index (Phi) is 5.20. The van der Waals surface area contributed by atoms with Crippen molar-refractivity contribution in [3.05, 3.63) is 57.3 Å². The molecule has 0 heterocycles. The molecule has 1 N–H and O–H groups in total. The lowest BCUT2D eigenvalue weighted by Crippen LogP contribution is -2.21. The van der Waals surface area contributed by atoms with Gasteiger partial charge in [-0.15, -0.1) is 0 Å². The highest BCUT2D eigenvalue weighted by Gasteiger charge is 2.09. The maximum absolute atomic E-state index is 13.6. The Labute approximate surface area is 135 Å². The maximum atomic E-state index is 13.6. The zero-order chi connectivity index (χ0) is 15.4. The zero-order valence-electron chi connectivity index (χ0n) is 11.1. The van der Waals surface area contributed by atoms with Crippen molar-refractivity contribution in [1.82, 2.24) is 0 Å². The minimum atomic E-state index is -0.514. The molecule has 0 bridgehead atoms. The summed E-state index contributed by atoms with van der Waals surface area (Å²) in [7, 11) is 0. The predicted octanol–water partition coefficient (Wildman–Crippen LogP) is 4.57. The summed E-state index contributed by atoms with van der Waals surface area (Å²) in [4.78, 5) is 11.8. The molecule has 0 aliphatic heterocycles. The quantitative estimate of drug-likeness (QED) is 0.854. The molecular formula is C15H12BrClFNO2. The molecule has 0 spiro atoms. The number of halogens is 3. The van der Waals surface area contributed by atoms with Crippen molar-refractivity contribution in [2.45, 2.75) is 6.92 Å². The van der Waals surface area contributed by atoms with Crippen LogP contribution in [-0.2, 0) is 4.79 Å². The van der Waals surface area contributed by atoms with E-state index >= 15 is 0 Å². The van der Waals surface area contributed by atoms with Gasteiger partial charge in [0.1, 0.15) is 11.6 Å². The fourth-order valence-corrected chi connectivity index (χ4v) is 2.26. The minimum absolute atomic E-state index is 0.111. The average molecular weight is 373 g/mol. The number of hydrogen-bond acceptors (Lipinski definition) is 2. The monoisotopic (exact) mass is 371 g/mol. The lowest BCUT2D eigenvalue weighted by Gasteiger charge is -2.10. The first-order valence-corrected chi connectivity index (χ1v) is 7.26. The number of nitrogens with one attached hydrogen (secondary N) is 1. The normalized spacial score (nSPS) is 10.3. The molecule has 3 nitrogen and oxygen atoms in total. The third-order valence-corrected chi connectivity index (χ3v) is 3.43. The minimum Gasteiger partial charge on any atom is -0.483 e. The maximum Gasteiger partial charge on any atom is 0.262 e. The van der Waals surface area contributed by atoms with Crippen LogP contribution in [0, 0.1) is 12.7 Å². The van der Waals surface area contributed by atoms with Crippen LogP contribution in [0.2, 0.25) is 5.02 Å². The fraction of sp³-hybridized carbons (Fsp3) is 0.133. The summed E-state index contributed by atoms with van der Waals surface area (Å²) >= 11 is 8.99. The first-order chi connectivity index (χ1) is 9.95. The lowest BCUT2D eigenvalue weighted by atomic mass is 10.2. The van der Waals surface area contributed by atoms with E-state index in [4.69, 9.17) is 16.3 Å². The van der Waals surface area contributed by atoms with Gasteiger partial charge in [0.15, 0.2) is 6.61 Å². The second kappa shape index (κ2) is 6.91. The second-order valence-corrected chi connectivity index (χ2v) is 5.72. The molecule has 0 radical (unpaired) electrons. The second-order valence-electron chi connectivity index (χ2n) is 4.37. The first-order valence-electron chi connectivity index (χ1n) is 6.09. The van der Waals surface area contributed by atoms with Gasteiger partial charge in [0.2, 0.25) is 0 Å². The summed E-state index contributed by atoms with van der Waals surface area (Å²) in [6.45, 7) is 1.62. The van der Waals surface area contributed by atoms with Crippen LogP contribution in [0.25, 0.3) is 0 Å². The zero-order valence-corrected chi connectivity index (χ0v) is 13.5. The molecule has 2 aromatic carbocycles. The molecule has 0 aliphatic carbocycles. The summed E-state index contributed by atoms with van der Waals surface area (Å²) in [5.74, 6) is -0.392. The van der Waals surface area contributed by atoms with Crippen molar-refractivity contribution < 1.29 is 13.9 Å².